The molecular weight excluding hydrogens is 172 g/mol. The summed E-state index contributed by atoms with van der Waals surface area (Å²) in [7, 11) is 1.60. The standard InChI is InChI=1S/C8H7N2OS/c1-11-8-7(9-5-10-8)6-3-2-4-12-6/h2-4H,1H3,(H,9,10). The quantitative estimate of drug-likeness (QED) is 0.765. The molecule has 0 amide bonds. The Morgan fingerprint density at radius 3 is 3.25 bits per heavy atom. The molecule has 12 heavy (non-hydrogen) atoms. The van der Waals surface area contributed by atoms with Gasteiger partial charge in [-0.3, -0.25) is 0 Å². The lowest BCUT2D eigenvalue weighted by atomic mass is 10.4. The van der Waals surface area contributed by atoms with Crippen molar-refractivity contribution in [2.45, 2.75) is 0 Å². The van der Waals surface area contributed by atoms with Gasteiger partial charge in [0.25, 0.3) is 0 Å². The Balaban J connectivity index is 2.46. The Kier molecular flexibility index (Phi) is 1.83. The summed E-state index contributed by atoms with van der Waals surface area (Å²) in [6.07, 6.45) is 2.64. The Labute approximate surface area is 74.0 Å². The fourth-order valence-electron chi connectivity index (χ4n) is 0.980. The number of thiophene rings is 1. The van der Waals surface area contributed by atoms with Crippen LogP contribution in [0.1, 0.15) is 0 Å². The Hall–Kier alpha value is -1.29. The molecule has 0 aliphatic carbocycles. The third-order valence-corrected chi connectivity index (χ3v) is 2.40. The van der Waals surface area contributed by atoms with Gasteiger partial charge in [-0.25, -0.2) is 0 Å². The molecule has 0 atom stereocenters. The van der Waals surface area contributed by atoms with Crippen molar-refractivity contribution in [3.8, 4) is 16.5 Å². The van der Waals surface area contributed by atoms with E-state index in [1.54, 1.807) is 18.4 Å². The smallest absolute Gasteiger partial charge is 0.241 e. The molecular formula is C8H7N2OS. The van der Waals surface area contributed by atoms with Crippen LogP contribution in [-0.2, 0) is 0 Å². The summed E-state index contributed by atoms with van der Waals surface area (Å²) in [6, 6.07) is 3.99. The molecule has 2 rings (SSSR count). The highest BCUT2D eigenvalue weighted by molar-refractivity contribution is 7.13. The lowest BCUT2D eigenvalue weighted by Gasteiger charge is -1.96. The van der Waals surface area contributed by atoms with Crippen molar-refractivity contribution in [1.82, 2.24) is 9.97 Å². The molecule has 2 aromatic heterocycles. The van der Waals surface area contributed by atoms with Crippen LogP contribution in [0.3, 0.4) is 0 Å². The van der Waals surface area contributed by atoms with Crippen LogP contribution in [-0.4, -0.2) is 17.1 Å². The number of aromatic nitrogens is 2. The molecule has 0 aliphatic heterocycles. The van der Waals surface area contributed by atoms with Gasteiger partial charge in [0.15, 0.2) is 6.33 Å². The molecule has 1 radical (unpaired) electrons. The van der Waals surface area contributed by atoms with Crippen molar-refractivity contribution in [2.24, 2.45) is 0 Å². The van der Waals surface area contributed by atoms with Gasteiger partial charge >= 0.3 is 0 Å². The molecule has 0 fully saturated rings. The number of H-pyrrole nitrogens is 1. The molecule has 0 aliphatic rings. The average Bonchev–Trinajstić information content (AvgIpc) is 2.74. The fourth-order valence-corrected chi connectivity index (χ4v) is 1.70. The first-order chi connectivity index (χ1) is 5.92. The Morgan fingerprint density at radius 1 is 1.67 bits per heavy atom. The summed E-state index contributed by atoms with van der Waals surface area (Å²) in [4.78, 5) is 7.91. The zero-order valence-electron chi connectivity index (χ0n) is 6.50. The van der Waals surface area contributed by atoms with Gasteiger partial charge in [-0.1, -0.05) is 6.07 Å². The summed E-state index contributed by atoms with van der Waals surface area (Å²) in [5.74, 6) is 0.595. The van der Waals surface area contributed by atoms with Gasteiger partial charge in [-0.2, -0.15) is 4.98 Å². The van der Waals surface area contributed by atoms with Crippen LogP contribution < -0.4 is 4.74 Å². The number of imidazole rings is 1. The van der Waals surface area contributed by atoms with Crippen LogP contribution in [0.2, 0.25) is 0 Å². The van der Waals surface area contributed by atoms with Crippen molar-refractivity contribution in [1.29, 1.82) is 0 Å². The number of rotatable bonds is 2. The van der Waals surface area contributed by atoms with Crippen LogP contribution >= 0.6 is 11.3 Å². The first-order valence-electron chi connectivity index (χ1n) is 3.45. The predicted octanol–water partition coefficient (Wildman–Crippen LogP) is 1.95. The first-order valence-corrected chi connectivity index (χ1v) is 4.33. The van der Waals surface area contributed by atoms with Gasteiger partial charge in [0.1, 0.15) is 5.69 Å². The maximum atomic E-state index is 5.04. The highest BCUT2D eigenvalue weighted by atomic mass is 32.1. The second-order valence-electron chi connectivity index (χ2n) is 2.21. The van der Waals surface area contributed by atoms with Crippen LogP contribution in [0.15, 0.2) is 17.5 Å². The van der Waals surface area contributed by atoms with Crippen LogP contribution in [0.5, 0.6) is 5.88 Å². The van der Waals surface area contributed by atoms with E-state index in [2.05, 4.69) is 16.3 Å². The summed E-state index contributed by atoms with van der Waals surface area (Å²) in [5, 5.41) is 2.01. The van der Waals surface area contributed by atoms with E-state index in [1.807, 2.05) is 17.5 Å². The third-order valence-electron chi connectivity index (χ3n) is 1.51. The van der Waals surface area contributed by atoms with Crippen molar-refractivity contribution in [3.05, 3.63) is 23.8 Å². The molecule has 0 bridgehead atoms. The highest BCUT2D eigenvalue weighted by Crippen LogP contribution is 2.29. The predicted molar refractivity (Wildman–Crippen MR) is 47.3 cm³/mol. The number of nitrogens with zero attached hydrogens (tertiary/aromatic N) is 1. The lowest BCUT2D eigenvalue weighted by molar-refractivity contribution is 0.402. The Morgan fingerprint density at radius 2 is 2.58 bits per heavy atom. The number of nitrogens with one attached hydrogen (secondary N) is 1. The van der Waals surface area contributed by atoms with Crippen molar-refractivity contribution >= 4 is 11.3 Å². The number of aromatic amines is 1. The zero-order chi connectivity index (χ0) is 8.39. The van der Waals surface area contributed by atoms with E-state index in [0.717, 1.165) is 10.6 Å². The van der Waals surface area contributed by atoms with E-state index in [9.17, 15) is 0 Å². The summed E-state index contributed by atoms with van der Waals surface area (Å²) in [5.41, 5.74) is 0.896. The highest BCUT2D eigenvalue weighted by Gasteiger charge is 2.08. The van der Waals surface area contributed by atoms with Crippen LogP contribution in [0, 0.1) is 6.33 Å². The third kappa shape index (κ3) is 1.10. The van der Waals surface area contributed by atoms with Gasteiger partial charge in [0.05, 0.1) is 12.0 Å². The monoisotopic (exact) mass is 179 g/mol. The second kappa shape index (κ2) is 2.98. The SMILES string of the molecule is COc1n[c][nH]c1-c1cccs1. The average molecular weight is 179 g/mol. The van der Waals surface area contributed by atoms with E-state index in [1.165, 1.54) is 0 Å². The molecule has 3 nitrogen and oxygen atoms in total. The molecule has 1 N–H and O–H groups in total. The van der Waals surface area contributed by atoms with Crippen LogP contribution in [0.25, 0.3) is 10.6 Å². The molecule has 0 aromatic carbocycles. The molecule has 2 heterocycles. The minimum atomic E-state index is 0.595. The molecule has 0 saturated carbocycles. The number of methoxy groups -OCH3 is 1. The minimum Gasteiger partial charge on any atom is -0.479 e. The lowest BCUT2D eigenvalue weighted by Crippen LogP contribution is -1.84. The zero-order valence-corrected chi connectivity index (χ0v) is 7.31. The number of hydrogen-bond donors (Lipinski definition) is 1. The van der Waals surface area contributed by atoms with E-state index in [4.69, 9.17) is 4.74 Å². The van der Waals surface area contributed by atoms with Gasteiger partial charge in [-0.05, 0) is 11.4 Å². The summed E-state index contributed by atoms with van der Waals surface area (Å²) < 4.78 is 5.04. The Bertz CT molecular complexity index is 353. The molecule has 4 heteroatoms. The van der Waals surface area contributed by atoms with E-state index < -0.39 is 0 Å². The van der Waals surface area contributed by atoms with Crippen molar-refractivity contribution < 1.29 is 4.74 Å². The van der Waals surface area contributed by atoms with Crippen molar-refractivity contribution in [2.75, 3.05) is 7.11 Å². The van der Waals surface area contributed by atoms with Crippen molar-refractivity contribution in [3.63, 3.8) is 0 Å². The van der Waals surface area contributed by atoms with E-state index >= 15 is 0 Å². The van der Waals surface area contributed by atoms with Gasteiger partial charge < -0.3 is 9.72 Å². The molecule has 0 spiro atoms. The normalized spacial score (nSPS) is 10.1. The minimum absolute atomic E-state index is 0.595. The topological polar surface area (TPSA) is 37.9 Å². The van der Waals surface area contributed by atoms with Crippen LogP contribution in [0.4, 0.5) is 0 Å². The van der Waals surface area contributed by atoms with Gasteiger partial charge in [-0.15, -0.1) is 11.3 Å². The second-order valence-corrected chi connectivity index (χ2v) is 3.16. The molecule has 0 saturated heterocycles. The molecule has 61 valence electrons. The maximum absolute atomic E-state index is 5.04. The van der Waals surface area contributed by atoms with E-state index in [0.29, 0.717) is 5.88 Å². The molecule has 0 unspecified atom stereocenters. The summed E-state index contributed by atoms with van der Waals surface area (Å²) in [6.45, 7) is 0. The largest absolute Gasteiger partial charge is 0.479 e. The van der Waals surface area contributed by atoms with Gasteiger partial charge in [0, 0.05) is 0 Å². The van der Waals surface area contributed by atoms with E-state index in [-0.39, 0.29) is 0 Å². The fraction of sp³-hybridized carbons (Fsp3) is 0.125. The summed E-state index contributed by atoms with van der Waals surface area (Å²) >= 11 is 1.64. The number of hydrogen-bond acceptors (Lipinski definition) is 3. The number of ether oxygens (including phenoxy) is 1. The first kappa shape index (κ1) is 7.36. The maximum Gasteiger partial charge on any atom is 0.241 e. The van der Waals surface area contributed by atoms with Gasteiger partial charge in [0.2, 0.25) is 5.88 Å². The molecule has 2 aromatic rings.